The number of aliphatic hydroxyl groups is 1. The third-order valence-electron chi connectivity index (χ3n) is 8.10. The van der Waals surface area contributed by atoms with Gasteiger partial charge in [0, 0.05) is 62.5 Å². The normalized spacial score (nSPS) is 19.8. The fraction of sp³-hybridized carbons (Fsp3) is 0.531. The van der Waals surface area contributed by atoms with Crippen LogP contribution in [0.3, 0.4) is 0 Å². The predicted octanol–water partition coefficient (Wildman–Crippen LogP) is 2.67. The Morgan fingerprint density at radius 2 is 1.82 bits per heavy atom. The number of anilines is 2. The Morgan fingerprint density at radius 3 is 2.50 bits per heavy atom. The van der Waals surface area contributed by atoms with Gasteiger partial charge in [0.15, 0.2) is 0 Å². The van der Waals surface area contributed by atoms with Gasteiger partial charge in [-0.3, -0.25) is 14.5 Å². The minimum absolute atomic E-state index is 0.0460. The van der Waals surface area contributed by atoms with Crippen molar-refractivity contribution in [3.05, 3.63) is 48.0 Å². The Kier molecular flexibility index (Phi) is 11.8. The first kappa shape index (κ1) is 33.0. The number of hydrogen-bond acceptors (Lipinski definition) is 8. The Balaban J connectivity index is 1.49. The maximum Gasteiger partial charge on any atom is 0.321 e. The molecule has 2 aromatic rings. The predicted molar refractivity (Wildman–Crippen MR) is 167 cm³/mol. The Hall–Kier alpha value is -3.87. The molecule has 0 bridgehead atoms. The first-order valence-corrected chi connectivity index (χ1v) is 15.1. The van der Waals surface area contributed by atoms with E-state index in [9.17, 15) is 19.5 Å². The molecule has 1 saturated heterocycles. The summed E-state index contributed by atoms with van der Waals surface area (Å²) in [6, 6.07) is 11.7. The number of amides is 4. The largest absolute Gasteiger partial charge is 0.497 e. The number of aliphatic hydroxyl groups excluding tert-OH is 1. The van der Waals surface area contributed by atoms with Gasteiger partial charge in [-0.1, -0.05) is 6.92 Å². The zero-order valence-electron chi connectivity index (χ0n) is 26.1. The third kappa shape index (κ3) is 9.07. The molecule has 2 heterocycles. The van der Waals surface area contributed by atoms with Crippen molar-refractivity contribution in [3.63, 3.8) is 0 Å². The number of likely N-dealkylation sites (N-methyl/N-ethyl adjacent to an activating group) is 1. The van der Waals surface area contributed by atoms with Crippen molar-refractivity contribution >= 4 is 29.2 Å². The highest BCUT2D eigenvalue weighted by atomic mass is 16.5. The molecule has 0 radical (unpaired) electrons. The number of fused-ring (bicyclic) bond motifs is 1. The van der Waals surface area contributed by atoms with E-state index in [-0.39, 0.29) is 43.3 Å². The zero-order valence-corrected chi connectivity index (χ0v) is 26.1. The van der Waals surface area contributed by atoms with Crippen molar-refractivity contribution < 1.29 is 33.7 Å². The monoisotopic (exact) mass is 611 g/mol. The van der Waals surface area contributed by atoms with Gasteiger partial charge in [-0.15, -0.1) is 0 Å². The maximum absolute atomic E-state index is 13.5. The van der Waals surface area contributed by atoms with E-state index in [1.165, 1.54) is 0 Å². The number of morpholine rings is 1. The van der Waals surface area contributed by atoms with Gasteiger partial charge < -0.3 is 39.8 Å². The van der Waals surface area contributed by atoms with Crippen molar-refractivity contribution in [2.45, 2.75) is 38.8 Å². The number of ether oxygens (including phenoxy) is 3. The number of rotatable bonds is 10. The van der Waals surface area contributed by atoms with Gasteiger partial charge in [0.2, 0.25) is 11.8 Å². The molecular formula is C32H45N5O7. The van der Waals surface area contributed by atoms with Crippen LogP contribution < -0.4 is 20.1 Å². The van der Waals surface area contributed by atoms with Gasteiger partial charge in [0.25, 0.3) is 0 Å². The molecule has 3 atom stereocenters. The van der Waals surface area contributed by atoms with Crippen LogP contribution in [0.4, 0.5) is 16.2 Å². The number of nitrogens with zero attached hydrogens (tertiary/aromatic N) is 3. The van der Waals surface area contributed by atoms with Gasteiger partial charge in [-0.25, -0.2) is 4.79 Å². The van der Waals surface area contributed by atoms with Crippen molar-refractivity contribution in [1.29, 1.82) is 0 Å². The van der Waals surface area contributed by atoms with Crippen LogP contribution in [-0.4, -0.2) is 116 Å². The summed E-state index contributed by atoms with van der Waals surface area (Å²) in [7, 11) is 3.27. The fourth-order valence-electron chi connectivity index (χ4n) is 5.28. The Bertz CT molecular complexity index is 1270. The third-order valence-corrected chi connectivity index (χ3v) is 8.10. The van der Waals surface area contributed by atoms with Gasteiger partial charge in [-0.05, 0) is 49.4 Å². The second-order valence-corrected chi connectivity index (χ2v) is 11.5. The van der Waals surface area contributed by atoms with Crippen LogP contribution in [0, 0.1) is 5.92 Å². The average molecular weight is 612 g/mol. The molecule has 12 heteroatoms. The molecule has 4 rings (SSSR count). The summed E-state index contributed by atoms with van der Waals surface area (Å²) in [4.78, 5) is 44.7. The molecule has 0 aliphatic carbocycles. The Morgan fingerprint density at radius 1 is 1.11 bits per heavy atom. The lowest BCUT2D eigenvalue weighted by atomic mass is 10.0. The first-order valence-electron chi connectivity index (χ1n) is 15.1. The maximum atomic E-state index is 13.5. The highest BCUT2D eigenvalue weighted by Crippen LogP contribution is 2.29. The quantitative estimate of drug-likeness (QED) is 0.374. The van der Waals surface area contributed by atoms with Crippen molar-refractivity contribution in [3.8, 4) is 11.5 Å². The molecule has 12 nitrogen and oxygen atoms in total. The highest BCUT2D eigenvalue weighted by Gasteiger charge is 2.32. The Labute approximate surface area is 259 Å². The van der Waals surface area contributed by atoms with Gasteiger partial charge in [0.1, 0.15) is 17.6 Å². The van der Waals surface area contributed by atoms with Gasteiger partial charge in [-0.2, -0.15) is 0 Å². The summed E-state index contributed by atoms with van der Waals surface area (Å²) in [6.07, 6.45) is -0.0722. The lowest BCUT2D eigenvalue weighted by Gasteiger charge is -2.34. The van der Waals surface area contributed by atoms with Gasteiger partial charge in [0.05, 0.1) is 45.9 Å². The van der Waals surface area contributed by atoms with Crippen LogP contribution in [-0.2, 0) is 20.7 Å². The lowest BCUT2D eigenvalue weighted by Crippen LogP contribution is -2.48. The summed E-state index contributed by atoms with van der Waals surface area (Å²) in [5.74, 6) is 0.775. The summed E-state index contributed by atoms with van der Waals surface area (Å²) in [5, 5.41) is 15.8. The number of carbonyl (C=O) groups excluding carboxylic acids is 3. The van der Waals surface area contributed by atoms with E-state index in [0.29, 0.717) is 61.2 Å². The van der Waals surface area contributed by atoms with Crippen LogP contribution in [0.2, 0.25) is 0 Å². The topological polar surface area (TPSA) is 133 Å². The van der Waals surface area contributed by atoms with Crippen LogP contribution in [0.5, 0.6) is 11.5 Å². The smallest absolute Gasteiger partial charge is 0.321 e. The van der Waals surface area contributed by atoms with E-state index in [0.717, 1.165) is 13.1 Å². The number of hydrogen-bond donors (Lipinski definition) is 3. The van der Waals surface area contributed by atoms with E-state index in [1.54, 1.807) is 73.3 Å². The molecule has 2 aliphatic rings. The van der Waals surface area contributed by atoms with Gasteiger partial charge >= 0.3 is 6.03 Å². The number of urea groups is 1. The summed E-state index contributed by atoms with van der Waals surface area (Å²) < 4.78 is 17.1. The van der Waals surface area contributed by atoms with Crippen LogP contribution in [0.1, 0.15) is 25.8 Å². The lowest BCUT2D eigenvalue weighted by molar-refractivity contribution is -0.134. The summed E-state index contributed by atoms with van der Waals surface area (Å²) in [6.45, 7) is 7.81. The molecule has 0 aromatic heterocycles. The molecule has 2 aromatic carbocycles. The standard InChI is InChI=1S/C32H45N5O7/c1-22-19-37(23(2)21-38)31(40)18-24-17-26(33-30(39)11-12-36-13-15-43-16-14-36)7-10-28(24)44-29(22)20-35(3)32(41)34-25-5-8-27(42-4)9-6-25/h5-10,17,22-23,29,38H,11-16,18-21H2,1-4H3,(H,33,39)(H,34,41)/t22-,23+,29+/m0/s1. The fourth-order valence-corrected chi connectivity index (χ4v) is 5.28. The molecule has 2 aliphatic heterocycles. The summed E-state index contributed by atoms with van der Waals surface area (Å²) in [5.41, 5.74) is 1.83. The SMILES string of the molecule is COc1ccc(NC(=O)N(C)C[C@H]2Oc3ccc(NC(=O)CCN4CCOCC4)cc3CC(=O)N([C@H](C)CO)C[C@@H]2C)cc1. The molecule has 4 amide bonds. The van der Waals surface area contributed by atoms with Crippen LogP contribution in [0.15, 0.2) is 42.5 Å². The minimum atomic E-state index is -0.464. The van der Waals surface area contributed by atoms with E-state index >= 15 is 0 Å². The molecule has 0 spiro atoms. The minimum Gasteiger partial charge on any atom is -0.497 e. The molecular weight excluding hydrogens is 566 g/mol. The van der Waals surface area contributed by atoms with E-state index < -0.39 is 12.1 Å². The number of nitrogens with one attached hydrogen (secondary N) is 2. The number of methoxy groups -OCH3 is 1. The van der Waals surface area contributed by atoms with Crippen molar-refractivity contribution in [1.82, 2.24) is 14.7 Å². The average Bonchev–Trinajstić information content (AvgIpc) is 3.07. The molecule has 240 valence electrons. The number of carbonyl (C=O) groups is 3. The molecule has 0 saturated carbocycles. The zero-order chi connectivity index (χ0) is 31.6. The molecule has 1 fully saturated rings. The van der Waals surface area contributed by atoms with Crippen molar-refractivity contribution in [2.24, 2.45) is 5.92 Å². The molecule has 0 unspecified atom stereocenters. The van der Waals surface area contributed by atoms with Crippen LogP contribution in [0.25, 0.3) is 0 Å². The molecule has 3 N–H and O–H groups in total. The van der Waals surface area contributed by atoms with E-state index in [2.05, 4.69) is 15.5 Å². The van der Waals surface area contributed by atoms with E-state index in [1.807, 2.05) is 6.92 Å². The number of benzene rings is 2. The second-order valence-electron chi connectivity index (χ2n) is 11.5. The highest BCUT2D eigenvalue weighted by molar-refractivity contribution is 5.91. The summed E-state index contributed by atoms with van der Waals surface area (Å²) >= 11 is 0. The molecule has 44 heavy (non-hydrogen) atoms. The second kappa shape index (κ2) is 15.7. The van der Waals surface area contributed by atoms with Crippen LogP contribution >= 0.6 is 0 Å². The van der Waals surface area contributed by atoms with Crippen molar-refractivity contribution in [2.75, 3.05) is 77.3 Å². The van der Waals surface area contributed by atoms with E-state index in [4.69, 9.17) is 14.2 Å². The first-order chi connectivity index (χ1) is 21.2.